The van der Waals surface area contributed by atoms with Gasteiger partial charge < -0.3 is 9.40 Å². The molecule has 0 unspecified atom stereocenters. The summed E-state index contributed by atoms with van der Waals surface area (Å²) in [5.74, 6) is 0. The number of benzene rings is 5. The van der Waals surface area contributed by atoms with E-state index in [-0.39, 0.29) is 0 Å². The van der Waals surface area contributed by atoms with Crippen molar-refractivity contribution in [3.8, 4) is 22.3 Å². The molecular formula is C30H19NO. The van der Waals surface area contributed by atoms with Crippen molar-refractivity contribution in [2.24, 2.45) is 0 Å². The Labute approximate surface area is 184 Å². The smallest absolute Gasteiger partial charge is 0.135 e. The quantitative estimate of drug-likeness (QED) is 0.304. The number of hydrogen-bond donors (Lipinski definition) is 1. The van der Waals surface area contributed by atoms with Crippen LogP contribution in [0, 0.1) is 0 Å². The molecule has 2 heterocycles. The first-order chi connectivity index (χ1) is 15.8. The average molecular weight is 409 g/mol. The monoisotopic (exact) mass is 409 g/mol. The SMILES string of the molecule is c1ccc(-c2ccc3oc4ccc(-c5ccc6[nH]c7ccccc7c6c5)cc4c3c2)cc1. The summed E-state index contributed by atoms with van der Waals surface area (Å²) in [6, 6.07) is 38.6. The van der Waals surface area contributed by atoms with Crippen LogP contribution in [0.4, 0.5) is 0 Å². The van der Waals surface area contributed by atoms with Crippen molar-refractivity contribution < 1.29 is 4.42 Å². The molecule has 0 amide bonds. The van der Waals surface area contributed by atoms with Crippen LogP contribution in [0.25, 0.3) is 66.0 Å². The Kier molecular flexibility index (Phi) is 3.58. The van der Waals surface area contributed by atoms with Crippen LogP contribution in [-0.2, 0) is 0 Å². The van der Waals surface area contributed by atoms with Crippen molar-refractivity contribution in [3.63, 3.8) is 0 Å². The third kappa shape index (κ3) is 2.60. The van der Waals surface area contributed by atoms with Crippen molar-refractivity contribution in [3.05, 3.63) is 109 Å². The van der Waals surface area contributed by atoms with Crippen LogP contribution in [0.5, 0.6) is 0 Å². The zero-order valence-electron chi connectivity index (χ0n) is 17.3. The molecule has 7 aromatic rings. The molecule has 5 aromatic carbocycles. The van der Waals surface area contributed by atoms with E-state index >= 15 is 0 Å². The highest BCUT2D eigenvalue weighted by atomic mass is 16.3. The number of nitrogens with one attached hydrogen (secondary N) is 1. The topological polar surface area (TPSA) is 28.9 Å². The number of rotatable bonds is 2. The molecule has 0 bridgehead atoms. The molecule has 0 atom stereocenters. The zero-order chi connectivity index (χ0) is 21.1. The second kappa shape index (κ2) is 6.60. The van der Waals surface area contributed by atoms with Gasteiger partial charge in [-0.25, -0.2) is 0 Å². The maximum absolute atomic E-state index is 6.14. The lowest BCUT2D eigenvalue weighted by Gasteiger charge is -2.04. The maximum Gasteiger partial charge on any atom is 0.135 e. The maximum atomic E-state index is 6.14. The Hall–Kier alpha value is -4.30. The third-order valence-electron chi connectivity index (χ3n) is 6.42. The molecule has 1 N–H and O–H groups in total. The van der Waals surface area contributed by atoms with Gasteiger partial charge in [0.25, 0.3) is 0 Å². The van der Waals surface area contributed by atoms with Gasteiger partial charge in [-0.1, -0.05) is 66.7 Å². The van der Waals surface area contributed by atoms with E-state index in [4.69, 9.17) is 4.42 Å². The molecule has 2 heteroatoms. The molecule has 32 heavy (non-hydrogen) atoms. The molecule has 7 rings (SSSR count). The molecule has 0 aliphatic heterocycles. The fourth-order valence-corrected chi connectivity index (χ4v) is 4.79. The fourth-order valence-electron chi connectivity index (χ4n) is 4.79. The van der Waals surface area contributed by atoms with Crippen LogP contribution >= 0.6 is 0 Å². The molecule has 150 valence electrons. The Morgan fingerprint density at radius 3 is 1.72 bits per heavy atom. The van der Waals surface area contributed by atoms with Crippen molar-refractivity contribution >= 4 is 43.7 Å². The highest BCUT2D eigenvalue weighted by Crippen LogP contribution is 2.36. The normalized spacial score (nSPS) is 11.8. The average Bonchev–Trinajstić information content (AvgIpc) is 3.41. The Bertz CT molecular complexity index is 1770. The molecule has 0 aliphatic carbocycles. The summed E-state index contributed by atoms with van der Waals surface area (Å²) in [5.41, 5.74) is 8.99. The summed E-state index contributed by atoms with van der Waals surface area (Å²) < 4.78 is 6.14. The first-order valence-corrected chi connectivity index (χ1v) is 10.9. The van der Waals surface area contributed by atoms with Gasteiger partial charge >= 0.3 is 0 Å². The van der Waals surface area contributed by atoms with Gasteiger partial charge in [-0.3, -0.25) is 0 Å². The zero-order valence-corrected chi connectivity index (χ0v) is 17.3. The van der Waals surface area contributed by atoms with Crippen molar-refractivity contribution in [2.45, 2.75) is 0 Å². The van der Waals surface area contributed by atoms with Gasteiger partial charge in [-0.2, -0.15) is 0 Å². The van der Waals surface area contributed by atoms with E-state index in [0.717, 1.165) is 27.5 Å². The van der Waals surface area contributed by atoms with E-state index < -0.39 is 0 Å². The number of furan rings is 1. The first kappa shape index (κ1) is 17.4. The minimum Gasteiger partial charge on any atom is -0.456 e. The molecular weight excluding hydrogens is 390 g/mol. The highest BCUT2D eigenvalue weighted by Gasteiger charge is 2.11. The summed E-state index contributed by atoms with van der Waals surface area (Å²) in [4.78, 5) is 3.51. The lowest BCUT2D eigenvalue weighted by atomic mass is 9.99. The summed E-state index contributed by atoms with van der Waals surface area (Å²) in [6.45, 7) is 0. The summed E-state index contributed by atoms with van der Waals surface area (Å²) in [7, 11) is 0. The van der Waals surface area contributed by atoms with Crippen LogP contribution in [0.1, 0.15) is 0 Å². The molecule has 2 nitrogen and oxygen atoms in total. The van der Waals surface area contributed by atoms with Gasteiger partial charge in [0.15, 0.2) is 0 Å². The van der Waals surface area contributed by atoms with Crippen LogP contribution in [0.3, 0.4) is 0 Å². The molecule has 0 fully saturated rings. The predicted molar refractivity (Wildman–Crippen MR) is 134 cm³/mol. The number of aromatic nitrogens is 1. The molecule has 0 saturated carbocycles. The number of aromatic amines is 1. The molecule has 0 radical (unpaired) electrons. The van der Waals surface area contributed by atoms with Crippen molar-refractivity contribution in [2.75, 3.05) is 0 Å². The largest absolute Gasteiger partial charge is 0.456 e. The predicted octanol–water partition coefficient (Wildman–Crippen LogP) is 8.55. The fraction of sp³-hybridized carbons (Fsp3) is 0. The lowest BCUT2D eigenvalue weighted by molar-refractivity contribution is 0.669. The van der Waals surface area contributed by atoms with Gasteiger partial charge in [0, 0.05) is 32.6 Å². The van der Waals surface area contributed by atoms with Gasteiger partial charge in [0.1, 0.15) is 11.2 Å². The first-order valence-electron chi connectivity index (χ1n) is 10.9. The molecule has 0 saturated heterocycles. The van der Waals surface area contributed by atoms with E-state index in [1.165, 1.54) is 38.5 Å². The van der Waals surface area contributed by atoms with Crippen LogP contribution < -0.4 is 0 Å². The Morgan fingerprint density at radius 1 is 0.406 bits per heavy atom. The van der Waals surface area contributed by atoms with Gasteiger partial charge in [0.2, 0.25) is 0 Å². The third-order valence-corrected chi connectivity index (χ3v) is 6.42. The van der Waals surface area contributed by atoms with E-state index in [9.17, 15) is 0 Å². The number of H-pyrrole nitrogens is 1. The minimum atomic E-state index is 0.919. The van der Waals surface area contributed by atoms with Crippen LogP contribution in [0.15, 0.2) is 114 Å². The van der Waals surface area contributed by atoms with Gasteiger partial charge in [-0.05, 0) is 64.7 Å². The van der Waals surface area contributed by atoms with E-state index in [0.29, 0.717) is 0 Å². The standard InChI is InChI=1S/C30H19NO/c1-2-6-19(7-3-1)20-11-14-29-25(17-20)26-18-22(12-15-30(26)32-29)21-10-13-28-24(16-21)23-8-4-5-9-27(23)31-28/h1-18,31H. The van der Waals surface area contributed by atoms with Crippen molar-refractivity contribution in [1.29, 1.82) is 0 Å². The molecule has 2 aromatic heterocycles. The lowest BCUT2D eigenvalue weighted by Crippen LogP contribution is -1.79. The Balaban J connectivity index is 1.42. The summed E-state index contributed by atoms with van der Waals surface area (Å²) in [5, 5.41) is 4.80. The Morgan fingerprint density at radius 2 is 0.969 bits per heavy atom. The summed E-state index contributed by atoms with van der Waals surface area (Å²) in [6.07, 6.45) is 0. The summed E-state index contributed by atoms with van der Waals surface area (Å²) >= 11 is 0. The molecule has 0 spiro atoms. The second-order valence-electron chi connectivity index (χ2n) is 8.32. The van der Waals surface area contributed by atoms with Crippen LogP contribution in [-0.4, -0.2) is 4.98 Å². The van der Waals surface area contributed by atoms with E-state index in [1.807, 2.05) is 6.07 Å². The van der Waals surface area contributed by atoms with E-state index in [1.54, 1.807) is 0 Å². The molecule has 0 aliphatic rings. The highest BCUT2D eigenvalue weighted by molar-refractivity contribution is 6.10. The van der Waals surface area contributed by atoms with Crippen molar-refractivity contribution in [1.82, 2.24) is 4.98 Å². The minimum absolute atomic E-state index is 0.919. The second-order valence-corrected chi connectivity index (χ2v) is 8.32. The number of fused-ring (bicyclic) bond motifs is 6. The van der Waals surface area contributed by atoms with E-state index in [2.05, 4.69) is 108 Å². The number of para-hydroxylation sites is 1. The number of hydrogen-bond acceptors (Lipinski definition) is 1. The van der Waals surface area contributed by atoms with Gasteiger partial charge in [0.05, 0.1) is 0 Å². The van der Waals surface area contributed by atoms with Crippen LogP contribution in [0.2, 0.25) is 0 Å². The van der Waals surface area contributed by atoms with Gasteiger partial charge in [-0.15, -0.1) is 0 Å².